The first kappa shape index (κ1) is 13.2. The van der Waals surface area contributed by atoms with Crippen LogP contribution in [0.15, 0.2) is 17.2 Å². The zero-order valence-corrected chi connectivity index (χ0v) is 11.8. The van der Waals surface area contributed by atoms with Crippen molar-refractivity contribution in [3.8, 4) is 0 Å². The van der Waals surface area contributed by atoms with Crippen LogP contribution in [0.1, 0.15) is 11.8 Å². The fourth-order valence-electron chi connectivity index (χ4n) is 1.61. The number of hydrogen-bond acceptors (Lipinski definition) is 5. The maximum atomic E-state index is 12.1. The SMILES string of the molecule is CCc1cc2c(=O)n(CCS(C)(=O)=O)cnc2s1. The Balaban J connectivity index is 2.41. The van der Waals surface area contributed by atoms with E-state index < -0.39 is 9.84 Å². The number of sulfone groups is 1. The van der Waals surface area contributed by atoms with Gasteiger partial charge in [-0.05, 0) is 12.5 Å². The summed E-state index contributed by atoms with van der Waals surface area (Å²) >= 11 is 1.50. The Hall–Kier alpha value is -1.21. The van der Waals surface area contributed by atoms with Gasteiger partial charge in [-0.2, -0.15) is 0 Å². The molecule has 0 saturated heterocycles. The van der Waals surface area contributed by atoms with Gasteiger partial charge in [0, 0.05) is 17.7 Å². The average Bonchev–Trinajstić information content (AvgIpc) is 2.71. The number of hydrogen-bond donors (Lipinski definition) is 0. The van der Waals surface area contributed by atoms with Crippen molar-refractivity contribution in [3.05, 3.63) is 27.6 Å². The van der Waals surface area contributed by atoms with E-state index in [-0.39, 0.29) is 17.9 Å². The number of fused-ring (bicyclic) bond motifs is 1. The molecule has 0 saturated carbocycles. The summed E-state index contributed by atoms with van der Waals surface area (Å²) < 4.78 is 23.5. The van der Waals surface area contributed by atoms with E-state index in [2.05, 4.69) is 4.98 Å². The number of rotatable bonds is 4. The topological polar surface area (TPSA) is 69.0 Å². The van der Waals surface area contributed by atoms with E-state index in [0.717, 1.165) is 17.6 Å². The average molecular weight is 286 g/mol. The van der Waals surface area contributed by atoms with Gasteiger partial charge < -0.3 is 0 Å². The Labute approximate surface area is 109 Å². The van der Waals surface area contributed by atoms with Gasteiger partial charge in [0.2, 0.25) is 0 Å². The molecule has 0 amide bonds. The highest BCUT2D eigenvalue weighted by Gasteiger charge is 2.09. The molecule has 2 aromatic heterocycles. The maximum Gasteiger partial charge on any atom is 0.262 e. The summed E-state index contributed by atoms with van der Waals surface area (Å²) in [6, 6.07) is 1.84. The van der Waals surface area contributed by atoms with Crippen molar-refractivity contribution in [2.75, 3.05) is 12.0 Å². The van der Waals surface area contributed by atoms with Crippen LogP contribution in [0.4, 0.5) is 0 Å². The number of aryl methyl sites for hydroxylation is 2. The predicted molar refractivity (Wildman–Crippen MR) is 73.0 cm³/mol. The second-order valence-corrected chi connectivity index (χ2v) is 7.53. The minimum absolute atomic E-state index is 0.0507. The number of aromatic nitrogens is 2. The molecule has 0 aliphatic rings. The van der Waals surface area contributed by atoms with Gasteiger partial charge in [0.15, 0.2) is 0 Å². The molecule has 2 rings (SSSR count). The summed E-state index contributed by atoms with van der Waals surface area (Å²) in [4.78, 5) is 18.1. The lowest BCUT2D eigenvalue weighted by atomic mass is 10.3. The molecule has 18 heavy (non-hydrogen) atoms. The molecule has 0 aliphatic carbocycles. The molecular formula is C11H14N2O3S2. The molecule has 0 aliphatic heterocycles. The summed E-state index contributed by atoms with van der Waals surface area (Å²) in [6.07, 6.45) is 3.44. The van der Waals surface area contributed by atoms with Gasteiger partial charge in [-0.1, -0.05) is 6.92 Å². The smallest absolute Gasteiger partial charge is 0.262 e. The molecule has 0 radical (unpaired) electrons. The normalized spacial score (nSPS) is 12.1. The molecule has 2 heterocycles. The van der Waals surface area contributed by atoms with Crippen molar-refractivity contribution in [2.24, 2.45) is 0 Å². The Kier molecular flexibility index (Phi) is 3.54. The van der Waals surface area contributed by atoms with E-state index in [9.17, 15) is 13.2 Å². The molecule has 7 heteroatoms. The maximum absolute atomic E-state index is 12.1. The largest absolute Gasteiger partial charge is 0.298 e. The molecule has 0 atom stereocenters. The van der Waals surface area contributed by atoms with Crippen molar-refractivity contribution in [3.63, 3.8) is 0 Å². The third-order valence-electron chi connectivity index (χ3n) is 2.62. The number of thiophene rings is 1. The van der Waals surface area contributed by atoms with Crippen LogP contribution in [0.3, 0.4) is 0 Å². The Morgan fingerprint density at radius 2 is 2.17 bits per heavy atom. The van der Waals surface area contributed by atoms with Crippen molar-refractivity contribution < 1.29 is 8.42 Å². The van der Waals surface area contributed by atoms with Gasteiger partial charge in [0.05, 0.1) is 17.5 Å². The van der Waals surface area contributed by atoms with Crippen molar-refractivity contribution in [1.82, 2.24) is 9.55 Å². The fraction of sp³-hybridized carbons (Fsp3) is 0.455. The molecule has 0 N–H and O–H groups in total. The van der Waals surface area contributed by atoms with Crippen LogP contribution < -0.4 is 5.56 Å². The van der Waals surface area contributed by atoms with Gasteiger partial charge in [-0.3, -0.25) is 9.36 Å². The first-order valence-corrected chi connectivity index (χ1v) is 8.44. The van der Waals surface area contributed by atoms with Crippen LogP contribution in [0.2, 0.25) is 0 Å². The van der Waals surface area contributed by atoms with Crippen LogP contribution in [0.25, 0.3) is 10.2 Å². The number of nitrogens with zero attached hydrogens (tertiary/aromatic N) is 2. The van der Waals surface area contributed by atoms with Crippen LogP contribution in [0, 0.1) is 0 Å². The molecule has 0 spiro atoms. The van der Waals surface area contributed by atoms with Crippen molar-refractivity contribution >= 4 is 31.4 Å². The van der Waals surface area contributed by atoms with Gasteiger partial charge >= 0.3 is 0 Å². The van der Waals surface area contributed by atoms with Crippen LogP contribution in [-0.2, 0) is 22.8 Å². The fourth-order valence-corrected chi connectivity index (χ4v) is 3.06. The monoisotopic (exact) mass is 286 g/mol. The van der Waals surface area contributed by atoms with Gasteiger partial charge in [0.1, 0.15) is 14.7 Å². The molecule has 5 nitrogen and oxygen atoms in total. The standard InChI is InChI=1S/C11H14N2O3S2/c1-3-8-6-9-10(17-8)12-7-13(11(9)14)4-5-18(2,15)16/h6-7H,3-5H2,1-2H3. The van der Waals surface area contributed by atoms with Crippen LogP contribution in [-0.4, -0.2) is 30.0 Å². The van der Waals surface area contributed by atoms with E-state index in [4.69, 9.17) is 0 Å². The molecular weight excluding hydrogens is 272 g/mol. The second kappa shape index (κ2) is 4.81. The summed E-state index contributed by atoms with van der Waals surface area (Å²) in [5.74, 6) is -0.0507. The quantitative estimate of drug-likeness (QED) is 0.843. The lowest BCUT2D eigenvalue weighted by Gasteiger charge is -2.03. The highest BCUT2D eigenvalue weighted by Crippen LogP contribution is 2.20. The molecule has 0 unspecified atom stereocenters. The minimum atomic E-state index is -3.08. The Bertz CT molecular complexity index is 728. The summed E-state index contributed by atoms with van der Waals surface area (Å²) in [7, 11) is -3.08. The predicted octanol–water partition coefficient (Wildman–Crippen LogP) is 1.06. The van der Waals surface area contributed by atoms with Crippen molar-refractivity contribution in [2.45, 2.75) is 19.9 Å². The first-order valence-electron chi connectivity index (χ1n) is 5.56. The lowest BCUT2D eigenvalue weighted by Crippen LogP contribution is -2.23. The summed E-state index contributed by atoms with van der Waals surface area (Å²) in [6.45, 7) is 2.17. The second-order valence-electron chi connectivity index (χ2n) is 4.16. The zero-order valence-electron chi connectivity index (χ0n) is 10.2. The van der Waals surface area contributed by atoms with Crippen LogP contribution in [0.5, 0.6) is 0 Å². The van der Waals surface area contributed by atoms with E-state index in [0.29, 0.717) is 10.2 Å². The van der Waals surface area contributed by atoms with Gasteiger partial charge in [0.25, 0.3) is 5.56 Å². The summed E-state index contributed by atoms with van der Waals surface area (Å²) in [5, 5.41) is 0.577. The highest BCUT2D eigenvalue weighted by molar-refractivity contribution is 7.90. The van der Waals surface area contributed by atoms with Gasteiger partial charge in [-0.15, -0.1) is 11.3 Å². The van der Waals surface area contributed by atoms with Gasteiger partial charge in [-0.25, -0.2) is 13.4 Å². The minimum Gasteiger partial charge on any atom is -0.298 e. The molecule has 98 valence electrons. The highest BCUT2D eigenvalue weighted by atomic mass is 32.2. The van der Waals surface area contributed by atoms with E-state index in [1.54, 1.807) is 0 Å². The van der Waals surface area contributed by atoms with E-state index in [1.165, 1.54) is 22.2 Å². The molecule has 0 fully saturated rings. The van der Waals surface area contributed by atoms with Crippen molar-refractivity contribution in [1.29, 1.82) is 0 Å². The molecule has 0 bridgehead atoms. The van der Waals surface area contributed by atoms with Crippen LogP contribution >= 0.6 is 11.3 Å². The summed E-state index contributed by atoms with van der Waals surface area (Å²) in [5.41, 5.74) is -0.167. The van der Waals surface area contributed by atoms with E-state index in [1.807, 2.05) is 13.0 Å². The third-order valence-corrected chi connectivity index (χ3v) is 4.73. The lowest BCUT2D eigenvalue weighted by molar-refractivity contribution is 0.592. The Morgan fingerprint density at radius 3 is 2.78 bits per heavy atom. The Morgan fingerprint density at radius 1 is 1.44 bits per heavy atom. The molecule has 2 aromatic rings. The molecule has 0 aromatic carbocycles. The first-order chi connectivity index (χ1) is 8.40. The van der Waals surface area contributed by atoms with E-state index >= 15 is 0 Å². The zero-order chi connectivity index (χ0) is 13.3. The third kappa shape index (κ3) is 2.78.